The first-order valence-corrected chi connectivity index (χ1v) is 17.5. The number of hydrogen-bond acceptors (Lipinski definition) is 11. The molecule has 14 N–H and O–H groups in total. The summed E-state index contributed by atoms with van der Waals surface area (Å²) in [5.41, 5.74) is 21.9. The van der Waals surface area contributed by atoms with Gasteiger partial charge in [-0.1, -0.05) is 13.8 Å². The Morgan fingerprint density at radius 1 is 0.887 bits per heavy atom. The van der Waals surface area contributed by atoms with Crippen molar-refractivity contribution in [3.05, 3.63) is 0 Å². The quantitative estimate of drug-likeness (QED) is 0.0318. The van der Waals surface area contributed by atoms with Crippen LogP contribution in [0.2, 0.25) is 0 Å². The maximum atomic E-state index is 13.6. The molecule has 7 amide bonds. The monoisotopic (exact) mass is 753 g/mol. The van der Waals surface area contributed by atoms with Crippen LogP contribution in [0.15, 0.2) is 4.99 Å². The van der Waals surface area contributed by atoms with Crippen molar-refractivity contribution >= 4 is 53.3 Å². The standard InChI is InChI=1S/C32H55N11O10/c1-14(2)23(28(50)38-19(8-9-22(45)46)27(49)40-21-13-15(3)43(31(21)53)16(4)25(34)47)41-29(51)24(17(5)44)42-12-10-20(30(42)52)39-26(48)18(33)7-6-11-37-32(35)36/h14-21,23-24,44H,6-13,33H2,1-5H3,(H2,34,47)(H,38,50)(H,39,48)(H,40,49)(H,41,51)(H,45,46)(H4,35,36,37)/t15?,16-,17-,18-,19-,20-,21-,23-,24-/m1/s1. The average Bonchev–Trinajstić information content (AvgIpc) is 3.54. The zero-order chi connectivity index (χ0) is 40.3. The lowest BCUT2D eigenvalue weighted by Gasteiger charge is -2.32. The number of aliphatic carboxylic acids is 1. The van der Waals surface area contributed by atoms with E-state index in [1.165, 1.54) is 18.7 Å². The smallest absolute Gasteiger partial charge is 0.303 e. The lowest BCUT2D eigenvalue weighted by molar-refractivity contribution is -0.144. The molecule has 2 aliphatic heterocycles. The lowest BCUT2D eigenvalue weighted by Crippen LogP contribution is -2.61. The molecular formula is C32H55N11O10. The van der Waals surface area contributed by atoms with E-state index in [1.807, 2.05) is 0 Å². The molecule has 0 aromatic rings. The molecule has 0 aromatic carbocycles. The van der Waals surface area contributed by atoms with Crippen molar-refractivity contribution in [1.82, 2.24) is 31.1 Å². The molecule has 2 aliphatic rings. The number of rotatable bonds is 20. The molecule has 0 bridgehead atoms. The number of hydrogen-bond donors (Lipinski definition) is 10. The van der Waals surface area contributed by atoms with Crippen LogP contribution in [0.3, 0.4) is 0 Å². The number of nitrogens with zero attached hydrogens (tertiary/aromatic N) is 3. The van der Waals surface area contributed by atoms with E-state index in [4.69, 9.17) is 22.9 Å². The summed E-state index contributed by atoms with van der Waals surface area (Å²) in [5, 5.41) is 30.0. The number of aliphatic hydroxyl groups excluding tert-OH is 1. The van der Waals surface area contributed by atoms with Crippen LogP contribution < -0.4 is 44.2 Å². The van der Waals surface area contributed by atoms with E-state index in [2.05, 4.69) is 26.3 Å². The number of guanidine groups is 1. The van der Waals surface area contributed by atoms with Crippen LogP contribution in [-0.2, 0) is 38.4 Å². The molecule has 9 atom stereocenters. The second-order valence-electron chi connectivity index (χ2n) is 13.8. The molecule has 21 heteroatoms. The van der Waals surface area contributed by atoms with Gasteiger partial charge in [0.25, 0.3) is 0 Å². The number of likely N-dealkylation sites (tertiary alicyclic amines) is 2. The molecule has 2 fully saturated rings. The van der Waals surface area contributed by atoms with Gasteiger partial charge in [0.05, 0.1) is 12.1 Å². The number of amides is 7. The van der Waals surface area contributed by atoms with E-state index in [9.17, 15) is 48.6 Å². The van der Waals surface area contributed by atoms with Gasteiger partial charge in [0.15, 0.2) is 5.96 Å². The van der Waals surface area contributed by atoms with Crippen LogP contribution in [0.25, 0.3) is 0 Å². The Labute approximate surface area is 307 Å². The summed E-state index contributed by atoms with van der Waals surface area (Å²) in [6, 6.07) is -8.71. The van der Waals surface area contributed by atoms with Gasteiger partial charge in [-0.3, -0.25) is 43.3 Å². The number of carboxylic acid groups (broad SMARTS) is 1. The second kappa shape index (κ2) is 19.7. The summed E-state index contributed by atoms with van der Waals surface area (Å²) in [6.07, 6.45) is -1.44. The zero-order valence-electron chi connectivity index (χ0n) is 30.7. The number of aliphatic hydroxyl groups is 1. The SMILES string of the molecule is CC(C)[C@@H](NC(=O)[C@@H]([C@@H](C)O)N1CC[C@@H](NC(=O)[C@H](N)CCCN=C(N)N)C1=O)C(=O)N[C@H](CCC(=O)O)C(=O)N[C@@H]1CC(C)N([C@H](C)C(N)=O)C1=O. The first-order valence-electron chi connectivity index (χ1n) is 17.5. The Kier molecular flexibility index (Phi) is 16.4. The van der Waals surface area contributed by atoms with Gasteiger partial charge in [0.1, 0.15) is 36.3 Å². The fourth-order valence-corrected chi connectivity index (χ4v) is 6.29. The predicted molar refractivity (Wildman–Crippen MR) is 189 cm³/mol. The topological polar surface area (TPSA) is 348 Å². The molecule has 0 aromatic heterocycles. The third-order valence-electron chi connectivity index (χ3n) is 9.20. The van der Waals surface area contributed by atoms with Crippen molar-refractivity contribution < 1.29 is 48.6 Å². The summed E-state index contributed by atoms with van der Waals surface area (Å²) < 4.78 is 0. The van der Waals surface area contributed by atoms with Gasteiger partial charge in [-0.2, -0.15) is 0 Å². The molecule has 0 saturated carbocycles. The van der Waals surface area contributed by atoms with Crippen LogP contribution in [-0.4, -0.2) is 141 Å². The molecule has 53 heavy (non-hydrogen) atoms. The second-order valence-corrected chi connectivity index (χ2v) is 13.8. The van der Waals surface area contributed by atoms with Crippen molar-refractivity contribution in [2.45, 2.75) is 128 Å². The highest BCUT2D eigenvalue weighted by Gasteiger charge is 2.44. The first kappa shape index (κ1) is 44.1. The number of nitrogens with two attached hydrogens (primary N) is 4. The van der Waals surface area contributed by atoms with E-state index in [0.717, 1.165) is 4.90 Å². The Bertz CT molecular complexity index is 1420. The molecule has 0 aliphatic carbocycles. The number of aliphatic imine (C=N–C) groups is 1. The molecule has 0 spiro atoms. The van der Waals surface area contributed by atoms with Gasteiger partial charge in [-0.25, -0.2) is 0 Å². The largest absolute Gasteiger partial charge is 0.481 e. The van der Waals surface area contributed by atoms with Gasteiger partial charge in [-0.05, 0) is 58.8 Å². The van der Waals surface area contributed by atoms with Crippen molar-refractivity contribution in [2.75, 3.05) is 13.1 Å². The van der Waals surface area contributed by atoms with Crippen molar-refractivity contribution in [2.24, 2.45) is 33.8 Å². The minimum absolute atomic E-state index is 0.0172. The van der Waals surface area contributed by atoms with E-state index in [1.54, 1.807) is 20.8 Å². The minimum Gasteiger partial charge on any atom is -0.481 e. The van der Waals surface area contributed by atoms with Crippen LogP contribution in [0.4, 0.5) is 0 Å². The van der Waals surface area contributed by atoms with Gasteiger partial charge >= 0.3 is 5.97 Å². The predicted octanol–water partition coefficient (Wildman–Crippen LogP) is -4.70. The summed E-state index contributed by atoms with van der Waals surface area (Å²) in [4.78, 5) is 109. The van der Waals surface area contributed by atoms with Crippen LogP contribution in [0.1, 0.15) is 73.1 Å². The average molecular weight is 754 g/mol. The maximum absolute atomic E-state index is 13.6. The fourth-order valence-electron chi connectivity index (χ4n) is 6.29. The van der Waals surface area contributed by atoms with Crippen LogP contribution in [0.5, 0.6) is 0 Å². The summed E-state index contributed by atoms with van der Waals surface area (Å²) in [7, 11) is 0. The van der Waals surface area contributed by atoms with Gasteiger partial charge in [0.2, 0.25) is 41.4 Å². The molecule has 0 radical (unpaired) electrons. The van der Waals surface area contributed by atoms with E-state index in [-0.39, 0.29) is 44.7 Å². The van der Waals surface area contributed by atoms with Gasteiger partial charge in [0, 0.05) is 25.6 Å². The highest BCUT2D eigenvalue weighted by atomic mass is 16.4. The van der Waals surface area contributed by atoms with E-state index in [0.29, 0.717) is 6.42 Å². The summed E-state index contributed by atoms with van der Waals surface area (Å²) in [6.45, 7) is 7.83. The van der Waals surface area contributed by atoms with Crippen molar-refractivity contribution in [3.8, 4) is 0 Å². The fraction of sp³-hybridized carbons (Fsp3) is 0.719. The number of carbonyl (C=O) groups excluding carboxylic acids is 7. The van der Waals surface area contributed by atoms with Gasteiger partial charge < -0.3 is 64.2 Å². The maximum Gasteiger partial charge on any atom is 0.303 e. The number of primary amides is 1. The number of carboxylic acids is 1. The van der Waals surface area contributed by atoms with Crippen LogP contribution in [0, 0.1) is 5.92 Å². The Hall–Kier alpha value is -5.05. The third kappa shape index (κ3) is 12.3. The Morgan fingerprint density at radius 3 is 2.06 bits per heavy atom. The molecule has 21 nitrogen and oxygen atoms in total. The molecular weight excluding hydrogens is 698 g/mol. The Morgan fingerprint density at radius 2 is 1.51 bits per heavy atom. The molecule has 1 unspecified atom stereocenters. The summed E-state index contributed by atoms with van der Waals surface area (Å²) in [5.74, 6) is -7.15. The highest BCUT2D eigenvalue weighted by Crippen LogP contribution is 2.22. The molecule has 298 valence electrons. The third-order valence-corrected chi connectivity index (χ3v) is 9.20. The molecule has 2 heterocycles. The lowest BCUT2D eigenvalue weighted by atomic mass is 10.0. The highest BCUT2D eigenvalue weighted by molar-refractivity contribution is 5.98. The Balaban J connectivity index is 2.15. The van der Waals surface area contributed by atoms with Crippen molar-refractivity contribution in [3.63, 3.8) is 0 Å². The minimum atomic E-state index is -1.47. The normalized spacial score (nSPS) is 21.9. The number of nitrogens with one attached hydrogen (secondary N) is 4. The van der Waals surface area contributed by atoms with E-state index >= 15 is 0 Å². The van der Waals surface area contributed by atoms with Crippen molar-refractivity contribution in [1.29, 1.82) is 0 Å². The van der Waals surface area contributed by atoms with Gasteiger partial charge in [-0.15, -0.1) is 0 Å². The first-order chi connectivity index (χ1) is 24.7. The van der Waals surface area contributed by atoms with Crippen LogP contribution >= 0.6 is 0 Å². The summed E-state index contributed by atoms with van der Waals surface area (Å²) >= 11 is 0. The number of carbonyl (C=O) groups is 8. The molecule has 2 rings (SSSR count). The molecule has 2 saturated heterocycles. The van der Waals surface area contributed by atoms with E-state index < -0.39 is 114 Å². The zero-order valence-corrected chi connectivity index (χ0v) is 30.7.